The molecule has 0 aromatic heterocycles. The maximum Gasteiger partial charge on any atom is 0.195 e. The summed E-state index contributed by atoms with van der Waals surface area (Å²) in [7, 11) is 0. The number of nitrogens with one attached hydrogen (secondary N) is 1. The van der Waals surface area contributed by atoms with E-state index < -0.39 is 0 Å². The van der Waals surface area contributed by atoms with Crippen LogP contribution in [0.5, 0.6) is 0 Å². The second-order valence-corrected chi connectivity index (χ2v) is 3.12. The van der Waals surface area contributed by atoms with Crippen molar-refractivity contribution in [1.82, 2.24) is 4.72 Å². The fourth-order valence-electron chi connectivity index (χ4n) is 0.977. The van der Waals surface area contributed by atoms with E-state index in [-0.39, 0.29) is 5.88 Å². The molecule has 56 valence electrons. The Morgan fingerprint density at radius 3 is 3.00 bits per heavy atom. The van der Waals surface area contributed by atoms with Crippen molar-refractivity contribution >= 4 is 18.0 Å². The molecule has 0 atom stereocenters. The summed E-state index contributed by atoms with van der Waals surface area (Å²) in [4.78, 5) is 1.14. The van der Waals surface area contributed by atoms with Crippen LogP contribution in [-0.2, 0) is 0 Å². The van der Waals surface area contributed by atoms with Crippen LogP contribution in [0.2, 0.25) is 0 Å². The van der Waals surface area contributed by atoms with E-state index in [4.69, 9.17) is 5.11 Å². The Balaban J connectivity index is 2.51. The molecule has 1 heterocycles. The molecular weight excluding hydrogens is 158 g/mol. The van der Waals surface area contributed by atoms with Gasteiger partial charge in [-0.25, -0.2) is 0 Å². The summed E-state index contributed by atoms with van der Waals surface area (Å²) in [5, 5.41) is 9.09. The van der Waals surface area contributed by atoms with Crippen LogP contribution in [0.25, 0.3) is 6.08 Å². The van der Waals surface area contributed by atoms with Gasteiger partial charge in [-0.2, -0.15) is 0 Å². The van der Waals surface area contributed by atoms with Gasteiger partial charge in [-0.3, -0.25) is 4.72 Å². The van der Waals surface area contributed by atoms with E-state index in [9.17, 15) is 0 Å². The first-order valence-electron chi connectivity index (χ1n) is 3.29. The van der Waals surface area contributed by atoms with Gasteiger partial charge in [-0.1, -0.05) is 18.2 Å². The van der Waals surface area contributed by atoms with Crippen LogP contribution >= 0.6 is 11.9 Å². The highest BCUT2D eigenvalue weighted by molar-refractivity contribution is 7.97. The first-order valence-corrected chi connectivity index (χ1v) is 4.10. The predicted molar refractivity (Wildman–Crippen MR) is 46.0 cm³/mol. The van der Waals surface area contributed by atoms with Crippen LogP contribution in [0.4, 0.5) is 0 Å². The minimum absolute atomic E-state index is 0.216. The highest BCUT2D eigenvalue weighted by Crippen LogP contribution is 2.26. The van der Waals surface area contributed by atoms with Crippen LogP contribution in [0.1, 0.15) is 5.56 Å². The number of hydrogen-bond acceptors (Lipinski definition) is 3. The average molecular weight is 165 g/mol. The Morgan fingerprint density at radius 2 is 2.09 bits per heavy atom. The molecule has 1 aliphatic rings. The van der Waals surface area contributed by atoms with E-state index >= 15 is 0 Å². The van der Waals surface area contributed by atoms with Gasteiger partial charge in [0.05, 0.1) is 0 Å². The van der Waals surface area contributed by atoms with Crippen molar-refractivity contribution in [2.45, 2.75) is 4.90 Å². The molecule has 2 rings (SSSR count). The van der Waals surface area contributed by atoms with Crippen LogP contribution in [-0.4, -0.2) is 5.11 Å². The largest absolute Gasteiger partial charge is 0.494 e. The maximum atomic E-state index is 9.09. The fourth-order valence-corrected chi connectivity index (χ4v) is 1.64. The Labute approximate surface area is 69.1 Å². The van der Waals surface area contributed by atoms with Crippen molar-refractivity contribution < 1.29 is 5.11 Å². The van der Waals surface area contributed by atoms with Gasteiger partial charge in [0.25, 0.3) is 0 Å². The molecule has 1 aromatic carbocycles. The van der Waals surface area contributed by atoms with Gasteiger partial charge in [-0.05, 0) is 23.6 Å². The molecule has 1 aliphatic heterocycles. The van der Waals surface area contributed by atoms with Gasteiger partial charge in [0.1, 0.15) is 0 Å². The van der Waals surface area contributed by atoms with Gasteiger partial charge < -0.3 is 5.11 Å². The summed E-state index contributed by atoms with van der Waals surface area (Å²) >= 11 is 1.43. The molecule has 0 amide bonds. The average Bonchev–Trinajstić information content (AvgIpc) is 2.04. The zero-order valence-electron chi connectivity index (χ0n) is 5.74. The fraction of sp³-hybridized carbons (Fsp3) is 0. The van der Waals surface area contributed by atoms with Gasteiger partial charge in [-0.15, -0.1) is 0 Å². The minimum atomic E-state index is 0.216. The molecule has 0 saturated heterocycles. The Bertz CT molecular complexity index is 309. The smallest absolute Gasteiger partial charge is 0.195 e. The number of rotatable bonds is 0. The van der Waals surface area contributed by atoms with E-state index in [1.54, 1.807) is 6.08 Å². The van der Waals surface area contributed by atoms with E-state index in [2.05, 4.69) is 4.72 Å². The summed E-state index contributed by atoms with van der Waals surface area (Å²) in [5.41, 5.74) is 1.06. The molecule has 0 bridgehead atoms. The molecule has 0 fully saturated rings. The lowest BCUT2D eigenvalue weighted by atomic mass is 10.2. The highest BCUT2D eigenvalue weighted by Gasteiger charge is 2.07. The summed E-state index contributed by atoms with van der Waals surface area (Å²) < 4.78 is 2.77. The van der Waals surface area contributed by atoms with Gasteiger partial charge in [0, 0.05) is 11.0 Å². The van der Waals surface area contributed by atoms with Crippen LogP contribution in [0, 0.1) is 0 Å². The quantitative estimate of drug-likeness (QED) is 0.578. The zero-order chi connectivity index (χ0) is 7.68. The zero-order valence-corrected chi connectivity index (χ0v) is 6.56. The van der Waals surface area contributed by atoms with Crippen LogP contribution < -0.4 is 4.72 Å². The number of benzene rings is 1. The first kappa shape index (κ1) is 6.61. The topological polar surface area (TPSA) is 32.3 Å². The van der Waals surface area contributed by atoms with Gasteiger partial charge in [0.15, 0.2) is 5.88 Å². The lowest BCUT2D eigenvalue weighted by Gasteiger charge is -2.12. The molecule has 2 N–H and O–H groups in total. The van der Waals surface area contributed by atoms with Crippen molar-refractivity contribution in [2.24, 2.45) is 0 Å². The standard InChI is InChI=1S/C8H7NOS/c10-8-5-6-3-1-2-4-7(6)11-9-8/h1-5,9-10H. The van der Waals surface area contributed by atoms with Crippen molar-refractivity contribution in [3.8, 4) is 0 Å². The molecule has 0 radical (unpaired) electrons. The minimum Gasteiger partial charge on any atom is -0.494 e. The van der Waals surface area contributed by atoms with Gasteiger partial charge >= 0.3 is 0 Å². The maximum absolute atomic E-state index is 9.09. The molecule has 2 nitrogen and oxygen atoms in total. The third kappa shape index (κ3) is 1.19. The van der Waals surface area contributed by atoms with E-state index in [0.29, 0.717) is 0 Å². The molecule has 0 unspecified atom stereocenters. The van der Waals surface area contributed by atoms with Crippen molar-refractivity contribution in [2.75, 3.05) is 0 Å². The molecule has 11 heavy (non-hydrogen) atoms. The Kier molecular flexibility index (Phi) is 1.51. The van der Waals surface area contributed by atoms with E-state index in [1.165, 1.54) is 11.9 Å². The molecule has 0 spiro atoms. The molecule has 0 aliphatic carbocycles. The number of aliphatic hydroxyl groups excluding tert-OH is 1. The van der Waals surface area contributed by atoms with E-state index in [1.807, 2.05) is 24.3 Å². The molecular formula is C8H7NOS. The van der Waals surface area contributed by atoms with Crippen molar-refractivity contribution in [1.29, 1.82) is 0 Å². The van der Waals surface area contributed by atoms with Crippen molar-refractivity contribution in [3.05, 3.63) is 35.7 Å². The van der Waals surface area contributed by atoms with Crippen LogP contribution in [0.3, 0.4) is 0 Å². The number of hydrogen-bond donors (Lipinski definition) is 2. The Morgan fingerprint density at radius 1 is 1.27 bits per heavy atom. The second kappa shape index (κ2) is 2.51. The lowest BCUT2D eigenvalue weighted by molar-refractivity contribution is 0.399. The highest BCUT2D eigenvalue weighted by atomic mass is 32.2. The molecule has 1 aromatic rings. The van der Waals surface area contributed by atoms with Gasteiger partial charge in [0.2, 0.25) is 0 Å². The van der Waals surface area contributed by atoms with E-state index in [0.717, 1.165) is 10.5 Å². The number of fused-ring (bicyclic) bond motifs is 1. The summed E-state index contributed by atoms with van der Waals surface area (Å²) in [6.45, 7) is 0. The first-order chi connectivity index (χ1) is 5.36. The normalized spacial score (nSPS) is 14.7. The Hall–Kier alpha value is -1.09. The third-order valence-electron chi connectivity index (χ3n) is 1.48. The third-order valence-corrected chi connectivity index (χ3v) is 2.38. The summed E-state index contributed by atoms with van der Waals surface area (Å²) in [6.07, 6.45) is 1.71. The molecule has 0 saturated carbocycles. The van der Waals surface area contributed by atoms with Crippen LogP contribution in [0.15, 0.2) is 35.0 Å². The summed E-state index contributed by atoms with van der Waals surface area (Å²) in [5.74, 6) is 0.216. The SMILES string of the molecule is OC1=Cc2ccccc2SN1. The summed E-state index contributed by atoms with van der Waals surface area (Å²) in [6, 6.07) is 7.91. The monoisotopic (exact) mass is 165 g/mol. The second-order valence-electron chi connectivity index (χ2n) is 2.27. The lowest BCUT2D eigenvalue weighted by Crippen LogP contribution is -2.06. The predicted octanol–water partition coefficient (Wildman–Crippen LogP) is 2.15. The number of aliphatic hydroxyl groups is 1. The van der Waals surface area contributed by atoms with Crippen molar-refractivity contribution in [3.63, 3.8) is 0 Å². The molecule has 3 heteroatoms.